The van der Waals surface area contributed by atoms with Gasteiger partial charge in [-0.05, 0) is 38.9 Å². The van der Waals surface area contributed by atoms with E-state index >= 15 is 0 Å². The lowest BCUT2D eigenvalue weighted by molar-refractivity contribution is 0.00953. The van der Waals surface area contributed by atoms with E-state index in [0.717, 1.165) is 39.0 Å². The third-order valence-corrected chi connectivity index (χ3v) is 5.65. The highest BCUT2D eigenvalue weighted by molar-refractivity contribution is 5.93. The first-order chi connectivity index (χ1) is 11.6. The van der Waals surface area contributed by atoms with Crippen molar-refractivity contribution in [3.63, 3.8) is 0 Å². The van der Waals surface area contributed by atoms with Crippen molar-refractivity contribution in [2.24, 2.45) is 0 Å². The van der Waals surface area contributed by atoms with Gasteiger partial charge in [0, 0.05) is 50.5 Å². The molecule has 2 aromatic heterocycles. The molecule has 1 amide bonds. The molecule has 0 radical (unpaired) electrons. The van der Waals surface area contributed by atoms with Crippen LogP contribution in [-0.2, 0) is 12.1 Å². The molecule has 6 nitrogen and oxygen atoms in total. The molecule has 4 rings (SSSR count). The normalized spacial score (nSPS) is 20.2. The number of fused-ring (bicyclic) bond motifs is 2. The number of likely N-dealkylation sites (tertiary alicyclic amines) is 1. The van der Waals surface area contributed by atoms with E-state index in [4.69, 9.17) is 4.98 Å². The van der Waals surface area contributed by atoms with Crippen LogP contribution in [0, 0.1) is 6.92 Å². The molecule has 0 aliphatic carbocycles. The highest BCUT2D eigenvalue weighted by atomic mass is 16.2. The Morgan fingerprint density at radius 3 is 2.67 bits per heavy atom. The number of hydrogen-bond donors (Lipinski definition) is 0. The highest BCUT2D eigenvalue weighted by Crippen LogP contribution is 2.40. The number of carbonyl (C=O) groups is 1. The van der Waals surface area contributed by atoms with Crippen molar-refractivity contribution in [1.29, 1.82) is 0 Å². The second kappa shape index (κ2) is 5.70. The fourth-order valence-electron chi connectivity index (χ4n) is 4.11. The second-order valence-corrected chi connectivity index (χ2v) is 6.86. The Morgan fingerprint density at radius 1 is 1.17 bits per heavy atom. The maximum Gasteiger partial charge on any atom is 0.255 e. The largest absolute Gasteiger partial charge is 0.338 e. The zero-order valence-corrected chi connectivity index (χ0v) is 14.3. The van der Waals surface area contributed by atoms with E-state index in [9.17, 15) is 4.79 Å². The molecule has 0 atom stereocenters. The maximum absolute atomic E-state index is 12.7. The van der Waals surface area contributed by atoms with Crippen LogP contribution >= 0.6 is 0 Å². The van der Waals surface area contributed by atoms with Gasteiger partial charge in [-0.25, -0.2) is 4.98 Å². The molecule has 24 heavy (non-hydrogen) atoms. The Morgan fingerprint density at radius 2 is 1.96 bits per heavy atom. The van der Waals surface area contributed by atoms with Crippen LogP contribution in [0.1, 0.15) is 34.7 Å². The molecular formula is C18H23N5O. The molecule has 0 aromatic carbocycles. The summed E-state index contributed by atoms with van der Waals surface area (Å²) in [5.41, 5.74) is 1.85. The summed E-state index contributed by atoms with van der Waals surface area (Å²) in [4.78, 5) is 25.8. The summed E-state index contributed by atoms with van der Waals surface area (Å²) < 4.78 is 2.35. The Hall–Kier alpha value is -2.21. The number of aryl methyl sites for hydroxylation is 1. The predicted molar refractivity (Wildman–Crippen MR) is 90.6 cm³/mol. The van der Waals surface area contributed by atoms with Crippen molar-refractivity contribution in [3.8, 4) is 0 Å². The van der Waals surface area contributed by atoms with E-state index in [2.05, 4.69) is 28.4 Å². The lowest BCUT2D eigenvalue weighted by Crippen LogP contribution is -2.57. The SMILES string of the molecule is Cc1cnc2n1CCN(C)C21CCN(C(=O)c2cccnc2)CC1. The van der Waals surface area contributed by atoms with Gasteiger partial charge in [0.15, 0.2) is 0 Å². The van der Waals surface area contributed by atoms with E-state index in [1.807, 2.05) is 23.2 Å². The first kappa shape index (κ1) is 15.3. The fraction of sp³-hybridized carbons (Fsp3) is 0.500. The summed E-state index contributed by atoms with van der Waals surface area (Å²) in [6.45, 7) is 5.66. The molecule has 126 valence electrons. The predicted octanol–water partition coefficient (Wildman–Crippen LogP) is 1.66. The summed E-state index contributed by atoms with van der Waals surface area (Å²) in [6.07, 6.45) is 7.16. The maximum atomic E-state index is 12.7. The molecule has 0 bridgehead atoms. The van der Waals surface area contributed by atoms with Crippen LogP contribution in [0.25, 0.3) is 0 Å². The lowest BCUT2D eigenvalue weighted by Gasteiger charge is -2.49. The first-order valence-electron chi connectivity index (χ1n) is 8.55. The molecule has 1 saturated heterocycles. The topological polar surface area (TPSA) is 54.3 Å². The number of piperidine rings is 1. The van der Waals surface area contributed by atoms with Gasteiger partial charge in [-0.2, -0.15) is 0 Å². The molecule has 0 saturated carbocycles. The number of aromatic nitrogens is 3. The number of hydrogen-bond acceptors (Lipinski definition) is 4. The molecule has 2 aliphatic heterocycles. The van der Waals surface area contributed by atoms with Gasteiger partial charge in [-0.3, -0.25) is 14.7 Å². The zero-order valence-electron chi connectivity index (χ0n) is 14.3. The average molecular weight is 325 g/mol. The van der Waals surface area contributed by atoms with Crippen LogP contribution < -0.4 is 0 Å². The molecule has 4 heterocycles. The molecule has 0 N–H and O–H groups in total. The van der Waals surface area contributed by atoms with Crippen LogP contribution in [0.4, 0.5) is 0 Å². The van der Waals surface area contributed by atoms with Crippen molar-refractivity contribution in [1.82, 2.24) is 24.3 Å². The van der Waals surface area contributed by atoms with Gasteiger partial charge in [0.2, 0.25) is 0 Å². The minimum absolute atomic E-state index is 0.0434. The summed E-state index contributed by atoms with van der Waals surface area (Å²) in [6, 6.07) is 3.65. The van der Waals surface area contributed by atoms with Crippen molar-refractivity contribution >= 4 is 5.91 Å². The molecule has 1 spiro atoms. The Kier molecular flexibility index (Phi) is 3.64. The van der Waals surface area contributed by atoms with E-state index in [-0.39, 0.29) is 11.4 Å². The number of rotatable bonds is 1. The third-order valence-electron chi connectivity index (χ3n) is 5.65. The summed E-state index contributed by atoms with van der Waals surface area (Å²) in [7, 11) is 2.19. The van der Waals surface area contributed by atoms with E-state index < -0.39 is 0 Å². The number of nitrogens with zero attached hydrogens (tertiary/aromatic N) is 5. The van der Waals surface area contributed by atoms with E-state index in [0.29, 0.717) is 5.56 Å². The Balaban J connectivity index is 1.56. The quantitative estimate of drug-likeness (QED) is 0.800. The van der Waals surface area contributed by atoms with E-state index in [1.165, 1.54) is 11.5 Å². The molecule has 6 heteroatoms. The third kappa shape index (κ3) is 2.24. The van der Waals surface area contributed by atoms with Crippen molar-refractivity contribution in [2.45, 2.75) is 31.8 Å². The van der Waals surface area contributed by atoms with Gasteiger partial charge >= 0.3 is 0 Å². The minimum atomic E-state index is -0.0434. The molecule has 1 fully saturated rings. The van der Waals surface area contributed by atoms with Crippen LogP contribution in [0.3, 0.4) is 0 Å². The molecule has 2 aliphatic rings. The zero-order chi connectivity index (χ0) is 16.7. The number of imidazole rings is 1. The van der Waals surface area contributed by atoms with Crippen LogP contribution in [-0.4, -0.2) is 56.9 Å². The van der Waals surface area contributed by atoms with Crippen molar-refractivity contribution < 1.29 is 4.79 Å². The summed E-state index contributed by atoms with van der Waals surface area (Å²) in [5.74, 6) is 1.25. The Bertz CT molecular complexity index is 746. The van der Waals surface area contributed by atoms with Crippen molar-refractivity contribution in [2.75, 3.05) is 26.7 Å². The smallest absolute Gasteiger partial charge is 0.255 e. The van der Waals surface area contributed by atoms with Gasteiger partial charge in [-0.15, -0.1) is 0 Å². The Labute approximate surface area is 142 Å². The second-order valence-electron chi connectivity index (χ2n) is 6.86. The van der Waals surface area contributed by atoms with Crippen LogP contribution in [0.2, 0.25) is 0 Å². The van der Waals surface area contributed by atoms with Crippen molar-refractivity contribution in [3.05, 3.63) is 47.8 Å². The van der Waals surface area contributed by atoms with Crippen LogP contribution in [0.5, 0.6) is 0 Å². The highest BCUT2D eigenvalue weighted by Gasteiger charge is 2.46. The summed E-state index contributed by atoms with van der Waals surface area (Å²) in [5, 5.41) is 0. The van der Waals surface area contributed by atoms with Gasteiger partial charge in [0.25, 0.3) is 5.91 Å². The van der Waals surface area contributed by atoms with E-state index in [1.54, 1.807) is 12.4 Å². The minimum Gasteiger partial charge on any atom is -0.338 e. The van der Waals surface area contributed by atoms with Gasteiger partial charge in [-0.1, -0.05) is 0 Å². The number of amides is 1. The fourth-order valence-corrected chi connectivity index (χ4v) is 4.11. The first-order valence-corrected chi connectivity index (χ1v) is 8.55. The van der Waals surface area contributed by atoms with Crippen LogP contribution in [0.15, 0.2) is 30.7 Å². The lowest BCUT2D eigenvalue weighted by atomic mass is 9.83. The average Bonchev–Trinajstić information content (AvgIpc) is 3.01. The molecular weight excluding hydrogens is 302 g/mol. The number of likely N-dealkylation sites (N-methyl/N-ethyl adjacent to an activating group) is 1. The standard InChI is InChI=1S/C18H23N5O/c1-14-12-20-17-18(21(2)10-11-23(14)17)5-8-22(9-6-18)16(24)15-4-3-7-19-13-15/h3-4,7,12-13H,5-6,8-11H2,1-2H3. The number of carbonyl (C=O) groups excluding carboxylic acids is 1. The number of pyridine rings is 1. The monoisotopic (exact) mass is 325 g/mol. The van der Waals surface area contributed by atoms with Gasteiger partial charge < -0.3 is 9.47 Å². The molecule has 0 unspecified atom stereocenters. The van der Waals surface area contributed by atoms with Gasteiger partial charge in [0.05, 0.1) is 11.1 Å². The molecule has 2 aromatic rings. The van der Waals surface area contributed by atoms with Gasteiger partial charge in [0.1, 0.15) is 5.82 Å². The summed E-state index contributed by atoms with van der Waals surface area (Å²) >= 11 is 0.